The van der Waals surface area contributed by atoms with Crippen LogP contribution in [0.2, 0.25) is 0 Å². The van der Waals surface area contributed by atoms with Crippen LogP contribution in [-0.2, 0) is 9.59 Å². The van der Waals surface area contributed by atoms with Gasteiger partial charge in [0.25, 0.3) is 0 Å². The Morgan fingerprint density at radius 3 is 2.35 bits per heavy atom. The molecule has 0 atom stereocenters. The number of carboxylic acid groups (broad SMARTS) is 2. The average molecular weight is 276 g/mol. The molecule has 1 aromatic rings. The lowest BCUT2D eigenvalue weighted by Gasteiger charge is -1.98. The summed E-state index contributed by atoms with van der Waals surface area (Å²) in [6.07, 6.45) is 4.14. The standard InChI is InChI=1S/C12H14N2.C2H2O4/c1-10-4-2-3-5-11(10)6-7-12-13-8-9-14-12;3-1(4)2(5)6/h2-7H,8-9H2,1H3,(H,13,14);(H,3,4)(H,5,6)/b7-6+;. The second-order valence-electron chi connectivity index (χ2n) is 3.99. The molecule has 0 aromatic heterocycles. The van der Waals surface area contributed by atoms with Gasteiger partial charge in [0.2, 0.25) is 0 Å². The van der Waals surface area contributed by atoms with Crippen LogP contribution in [0.5, 0.6) is 0 Å². The molecule has 0 saturated carbocycles. The van der Waals surface area contributed by atoms with Gasteiger partial charge in [-0.3, -0.25) is 4.99 Å². The number of aliphatic imine (C=N–C) groups is 1. The quantitative estimate of drug-likeness (QED) is 0.704. The molecule has 0 spiro atoms. The zero-order valence-electron chi connectivity index (χ0n) is 11.0. The van der Waals surface area contributed by atoms with Crippen molar-refractivity contribution < 1.29 is 19.8 Å². The minimum atomic E-state index is -1.82. The van der Waals surface area contributed by atoms with Crippen molar-refractivity contribution >= 4 is 23.9 Å². The molecule has 2 rings (SSSR count). The van der Waals surface area contributed by atoms with Gasteiger partial charge in [-0.25, -0.2) is 9.59 Å². The van der Waals surface area contributed by atoms with Crippen LogP contribution >= 0.6 is 0 Å². The molecule has 1 aliphatic rings. The fourth-order valence-electron chi connectivity index (χ4n) is 1.47. The van der Waals surface area contributed by atoms with Gasteiger partial charge in [-0.2, -0.15) is 0 Å². The number of aryl methyl sites for hydroxylation is 1. The van der Waals surface area contributed by atoms with Crippen LogP contribution < -0.4 is 5.32 Å². The molecule has 1 aromatic carbocycles. The third kappa shape index (κ3) is 5.34. The minimum Gasteiger partial charge on any atom is -0.473 e. The summed E-state index contributed by atoms with van der Waals surface area (Å²) < 4.78 is 0. The van der Waals surface area contributed by atoms with E-state index in [0.29, 0.717) is 0 Å². The highest BCUT2D eigenvalue weighted by atomic mass is 16.4. The van der Waals surface area contributed by atoms with Crippen LogP contribution in [0.1, 0.15) is 11.1 Å². The Hall–Kier alpha value is -2.63. The molecule has 1 heterocycles. The monoisotopic (exact) mass is 276 g/mol. The molecule has 0 bridgehead atoms. The second-order valence-corrected chi connectivity index (χ2v) is 3.99. The molecule has 20 heavy (non-hydrogen) atoms. The molecule has 6 nitrogen and oxygen atoms in total. The highest BCUT2D eigenvalue weighted by molar-refractivity contribution is 6.27. The first kappa shape index (κ1) is 15.4. The Bertz CT molecular complexity index is 538. The second kappa shape index (κ2) is 7.73. The number of carboxylic acids is 2. The molecular formula is C14H16N2O4. The fraction of sp³-hybridized carbons (Fsp3) is 0.214. The summed E-state index contributed by atoms with van der Waals surface area (Å²) in [7, 11) is 0. The fourth-order valence-corrected chi connectivity index (χ4v) is 1.47. The van der Waals surface area contributed by atoms with Crippen molar-refractivity contribution in [2.45, 2.75) is 6.92 Å². The first-order valence-electron chi connectivity index (χ1n) is 5.99. The van der Waals surface area contributed by atoms with E-state index in [1.165, 1.54) is 11.1 Å². The van der Waals surface area contributed by atoms with Crippen LogP contribution in [0, 0.1) is 6.92 Å². The molecule has 1 aliphatic heterocycles. The van der Waals surface area contributed by atoms with Gasteiger partial charge in [0.05, 0.1) is 6.54 Å². The Kier molecular flexibility index (Phi) is 5.96. The summed E-state index contributed by atoms with van der Waals surface area (Å²) >= 11 is 0. The van der Waals surface area contributed by atoms with Crippen molar-refractivity contribution in [1.82, 2.24) is 5.32 Å². The lowest BCUT2D eigenvalue weighted by Crippen LogP contribution is -2.15. The van der Waals surface area contributed by atoms with Crippen LogP contribution in [-0.4, -0.2) is 41.1 Å². The maximum absolute atomic E-state index is 9.10. The molecule has 0 amide bonds. The van der Waals surface area contributed by atoms with Gasteiger partial charge in [-0.1, -0.05) is 30.3 Å². The van der Waals surface area contributed by atoms with E-state index < -0.39 is 11.9 Å². The van der Waals surface area contributed by atoms with Gasteiger partial charge < -0.3 is 15.5 Å². The summed E-state index contributed by atoms with van der Waals surface area (Å²) in [6.45, 7) is 3.98. The molecule has 106 valence electrons. The van der Waals surface area contributed by atoms with Crippen molar-refractivity contribution in [2.24, 2.45) is 4.99 Å². The maximum atomic E-state index is 9.10. The van der Waals surface area contributed by atoms with Crippen LogP contribution in [0.25, 0.3) is 6.08 Å². The number of carbonyl (C=O) groups is 2. The number of rotatable bonds is 2. The number of aliphatic carboxylic acids is 2. The van der Waals surface area contributed by atoms with E-state index in [0.717, 1.165) is 18.9 Å². The summed E-state index contributed by atoms with van der Waals surface area (Å²) in [5.41, 5.74) is 2.55. The number of nitrogens with one attached hydrogen (secondary N) is 1. The van der Waals surface area contributed by atoms with Gasteiger partial charge >= 0.3 is 11.9 Å². The number of hydrogen-bond donors (Lipinski definition) is 3. The van der Waals surface area contributed by atoms with E-state index in [-0.39, 0.29) is 0 Å². The molecule has 0 radical (unpaired) electrons. The summed E-state index contributed by atoms with van der Waals surface area (Å²) in [5.74, 6) is -2.65. The highest BCUT2D eigenvalue weighted by Gasteiger charge is 2.04. The van der Waals surface area contributed by atoms with E-state index in [9.17, 15) is 0 Å². The van der Waals surface area contributed by atoms with Gasteiger partial charge in [-0.05, 0) is 24.1 Å². The zero-order valence-corrected chi connectivity index (χ0v) is 11.0. The summed E-state index contributed by atoms with van der Waals surface area (Å²) in [6, 6.07) is 8.33. The number of amidine groups is 1. The molecule has 0 saturated heterocycles. The topological polar surface area (TPSA) is 99.0 Å². The van der Waals surface area contributed by atoms with E-state index in [2.05, 4.69) is 47.6 Å². The van der Waals surface area contributed by atoms with Crippen molar-refractivity contribution in [3.63, 3.8) is 0 Å². The third-order valence-corrected chi connectivity index (χ3v) is 2.49. The predicted molar refractivity (Wildman–Crippen MR) is 75.8 cm³/mol. The number of benzene rings is 1. The Morgan fingerprint density at radius 1 is 1.20 bits per heavy atom. The smallest absolute Gasteiger partial charge is 0.414 e. The minimum absolute atomic E-state index is 0.896. The van der Waals surface area contributed by atoms with Gasteiger partial charge in [0, 0.05) is 6.54 Å². The first-order chi connectivity index (χ1) is 9.50. The lowest BCUT2D eigenvalue weighted by atomic mass is 10.1. The summed E-state index contributed by atoms with van der Waals surface area (Å²) in [5, 5.41) is 18.0. The molecule has 0 unspecified atom stereocenters. The van der Waals surface area contributed by atoms with Crippen LogP contribution in [0.4, 0.5) is 0 Å². The number of nitrogens with zero attached hydrogens (tertiary/aromatic N) is 1. The average Bonchev–Trinajstić information content (AvgIpc) is 2.91. The van der Waals surface area contributed by atoms with Gasteiger partial charge in [0.1, 0.15) is 5.84 Å². The molecule has 0 fully saturated rings. The molecule has 6 heteroatoms. The van der Waals surface area contributed by atoms with E-state index >= 15 is 0 Å². The summed E-state index contributed by atoms with van der Waals surface area (Å²) in [4.78, 5) is 22.5. The SMILES string of the molecule is Cc1ccccc1/C=C/C1=NCCN1.O=C(O)C(=O)O. The van der Waals surface area contributed by atoms with Crippen molar-refractivity contribution in [1.29, 1.82) is 0 Å². The maximum Gasteiger partial charge on any atom is 0.414 e. The van der Waals surface area contributed by atoms with E-state index in [1.54, 1.807) is 0 Å². The zero-order chi connectivity index (χ0) is 15.0. The molecule has 3 N–H and O–H groups in total. The van der Waals surface area contributed by atoms with Crippen molar-refractivity contribution in [3.8, 4) is 0 Å². The normalized spacial score (nSPS) is 13.2. The number of hydrogen-bond acceptors (Lipinski definition) is 4. The Labute approximate surface area is 116 Å². The van der Waals surface area contributed by atoms with Gasteiger partial charge in [0.15, 0.2) is 0 Å². The van der Waals surface area contributed by atoms with Crippen molar-refractivity contribution in [2.75, 3.05) is 13.1 Å². The lowest BCUT2D eigenvalue weighted by molar-refractivity contribution is -0.159. The van der Waals surface area contributed by atoms with Crippen LogP contribution in [0.3, 0.4) is 0 Å². The Balaban J connectivity index is 0.000000286. The predicted octanol–water partition coefficient (Wildman–Crippen LogP) is 1.17. The Morgan fingerprint density at radius 2 is 1.85 bits per heavy atom. The van der Waals surface area contributed by atoms with Crippen molar-refractivity contribution in [3.05, 3.63) is 41.5 Å². The van der Waals surface area contributed by atoms with E-state index in [4.69, 9.17) is 19.8 Å². The van der Waals surface area contributed by atoms with E-state index in [1.807, 2.05) is 6.08 Å². The molecular weight excluding hydrogens is 260 g/mol. The first-order valence-corrected chi connectivity index (χ1v) is 5.99. The highest BCUT2D eigenvalue weighted by Crippen LogP contribution is 2.08. The largest absolute Gasteiger partial charge is 0.473 e. The molecule has 0 aliphatic carbocycles. The third-order valence-electron chi connectivity index (χ3n) is 2.49. The van der Waals surface area contributed by atoms with Gasteiger partial charge in [-0.15, -0.1) is 0 Å². The van der Waals surface area contributed by atoms with Crippen LogP contribution in [0.15, 0.2) is 35.3 Å².